The van der Waals surface area contributed by atoms with Gasteiger partial charge in [-0.3, -0.25) is 5.10 Å². The van der Waals surface area contributed by atoms with E-state index in [1.807, 2.05) is 31.9 Å². The minimum atomic E-state index is 1.01. The number of aromatic amines is 2. The van der Waals surface area contributed by atoms with Gasteiger partial charge in [0.15, 0.2) is 0 Å². The molecule has 0 fully saturated rings. The molecule has 0 radical (unpaired) electrons. The van der Waals surface area contributed by atoms with Crippen molar-refractivity contribution >= 4 is 17.7 Å². The van der Waals surface area contributed by atoms with Gasteiger partial charge < -0.3 is 14.5 Å². The molecule has 0 saturated heterocycles. The number of carbonyl (C=O) groups excluding carboxylic acids is 1. The lowest BCUT2D eigenvalue weighted by molar-refractivity contribution is -0.0979. The molecular weight excluding hydrogens is 410 g/mol. The fraction of sp³-hybridized carbons (Fsp3) is 0.286. The molecule has 0 saturated carbocycles. The van der Waals surface area contributed by atoms with Crippen LogP contribution in [0, 0.1) is 6.92 Å². The number of hydrogen-bond donors (Lipinski definition) is 2. The molecule has 2 heterocycles. The standard InChI is InChI=1S/C15H17N3.C7H8.C3H6.C2H6O.CH2O/c1-3-10-5-6-13-12(7-10)15(18-17-13)14-8-11(4-2)9-16-14;1-7-5-3-2-4-6-7;2*1-3-2;1-2/h5-9,16H,3-4H2,1-2H3,(H,17,18);2-6H,1H3;3H,1H2,2H3;1-2H3;1H2. The lowest BCUT2D eigenvalue weighted by Crippen LogP contribution is -1.81. The first-order valence-electron chi connectivity index (χ1n) is 11.0. The Morgan fingerprint density at radius 3 is 2.00 bits per heavy atom. The summed E-state index contributed by atoms with van der Waals surface area (Å²) in [5, 5.41) is 8.72. The van der Waals surface area contributed by atoms with E-state index in [2.05, 4.69) is 89.9 Å². The first-order chi connectivity index (χ1) is 16.0. The second kappa shape index (κ2) is 18.2. The number of rotatable bonds is 3. The number of methoxy groups -OCH3 is 1. The number of benzene rings is 2. The molecule has 0 bridgehead atoms. The van der Waals surface area contributed by atoms with Gasteiger partial charge in [-0.2, -0.15) is 5.10 Å². The van der Waals surface area contributed by atoms with E-state index in [-0.39, 0.29) is 0 Å². The zero-order chi connectivity index (χ0) is 25.1. The highest BCUT2D eigenvalue weighted by atomic mass is 16.4. The molecule has 0 amide bonds. The molecule has 33 heavy (non-hydrogen) atoms. The summed E-state index contributed by atoms with van der Waals surface area (Å²) >= 11 is 0. The Labute approximate surface area is 198 Å². The normalized spacial score (nSPS) is 9.03. The van der Waals surface area contributed by atoms with Crippen LogP contribution in [0.3, 0.4) is 0 Å². The summed E-state index contributed by atoms with van der Waals surface area (Å²) in [5.41, 5.74) is 7.17. The van der Waals surface area contributed by atoms with Crippen molar-refractivity contribution in [3.8, 4) is 11.4 Å². The lowest BCUT2D eigenvalue weighted by Gasteiger charge is -1.97. The van der Waals surface area contributed by atoms with Crippen LogP contribution in [0.5, 0.6) is 0 Å². The van der Waals surface area contributed by atoms with Crippen LogP contribution in [0.4, 0.5) is 0 Å². The smallest absolute Gasteiger partial charge is 0.116 e. The van der Waals surface area contributed by atoms with Crippen molar-refractivity contribution < 1.29 is 9.53 Å². The van der Waals surface area contributed by atoms with Gasteiger partial charge in [0.25, 0.3) is 0 Å². The number of nitrogens with one attached hydrogen (secondary N) is 2. The molecule has 0 spiro atoms. The van der Waals surface area contributed by atoms with Crippen molar-refractivity contribution in [3.63, 3.8) is 0 Å². The fourth-order valence-electron chi connectivity index (χ4n) is 2.80. The molecule has 178 valence electrons. The zero-order valence-electron chi connectivity index (χ0n) is 20.9. The van der Waals surface area contributed by atoms with Crippen molar-refractivity contribution in [2.45, 2.75) is 40.5 Å². The van der Waals surface area contributed by atoms with E-state index in [4.69, 9.17) is 4.79 Å². The highest BCUT2D eigenvalue weighted by molar-refractivity contribution is 5.92. The molecule has 0 aliphatic carbocycles. The third-order valence-electron chi connectivity index (χ3n) is 4.38. The molecule has 0 aliphatic heterocycles. The Bertz CT molecular complexity index is 1020. The van der Waals surface area contributed by atoms with Crippen molar-refractivity contribution in [2.75, 3.05) is 14.2 Å². The van der Waals surface area contributed by atoms with Gasteiger partial charge in [-0.25, -0.2) is 0 Å². The summed E-state index contributed by atoms with van der Waals surface area (Å²) < 4.78 is 4.25. The van der Waals surface area contributed by atoms with Crippen LogP contribution in [0.1, 0.15) is 37.5 Å². The number of ether oxygens (including phenoxy) is 1. The Balaban J connectivity index is 0.000000566. The number of fused-ring (bicyclic) bond motifs is 1. The minimum Gasteiger partial charge on any atom is -0.388 e. The molecule has 0 aliphatic rings. The third kappa shape index (κ3) is 10.6. The maximum atomic E-state index is 8.00. The average molecular weight is 450 g/mol. The van der Waals surface area contributed by atoms with Crippen LogP contribution in [-0.4, -0.2) is 36.2 Å². The highest BCUT2D eigenvalue weighted by Crippen LogP contribution is 2.27. The van der Waals surface area contributed by atoms with Gasteiger partial charge in [0, 0.05) is 25.8 Å². The van der Waals surface area contributed by atoms with Crippen LogP contribution >= 0.6 is 0 Å². The second-order valence-electron chi connectivity index (χ2n) is 7.05. The molecule has 4 aromatic rings. The number of hydrogen-bond acceptors (Lipinski definition) is 3. The molecule has 4 rings (SSSR count). The number of nitrogens with zero attached hydrogens (tertiary/aromatic N) is 1. The van der Waals surface area contributed by atoms with Gasteiger partial charge >= 0.3 is 0 Å². The topological polar surface area (TPSA) is 70.8 Å². The van der Waals surface area contributed by atoms with Crippen LogP contribution < -0.4 is 0 Å². The predicted octanol–water partition coefficient (Wildman–Crippen LogP) is 6.95. The van der Waals surface area contributed by atoms with Gasteiger partial charge in [0.05, 0.1) is 11.2 Å². The van der Waals surface area contributed by atoms with E-state index in [9.17, 15) is 0 Å². The Morgan fingerprint density at radius 1 is 0.970 bits per heavy atom. The van der Waals surface area contributed by atoms with Gasteiger partial charge in [-0.15, -0.1) is 6.58 Å². The summed E-state index contributed by atoms with van der Waals surface area (Å²) in [6.07, 6.45) is 5.89. The molecular formula is C28H39N3O2. The molecule has 5 heteroatoms. The van der Waals surface area contributed by atoms with Gasteiger partial charge in [0.1, 0.15) is 12.5 Å². The summed E-state index contributed by atoms with van der Waals surface area (Å²) in [6, 6.07) is 18.9. The Hall–Kier alpha value is -3.44. The summed E-state index contributed by atoms with van der Waals surface area (Å²) in [6.45, 7) is 13.7. The van der Waals surface area contributed by atoms with E-state index in [1.165, 1.54) is 22.1 Å². The van der Waals surface area contributed by atoms with Crippen molar-refractivity contribution in [2.24, 2.45) is 0 Å². The van der Waals surface area contributed by atoms with E-state index >= 15 is 0 Å². The molecule has 5 nitrogen and oxygen atoms in total. The van der Waals surface area contributed by atoms with E-state index < -0.39 is 0 Å². The molecule has 0 atom stereocenters. The highest BCUT2D eigenvalue weighted by Gasteiger charge is 2.10. The van der Waals surface area contributed by atoms with Crippen LogP contribution in [0.25, 0.3) is 22.3 Å². The zero-order valence-corrected chi connectivity index (χ0v) is 20.9. The molecule has 2 aromatic heterocycles. The largest absolute Gasteiger partial charge is 0.388 e. The van der Waals surface area contributed by atoms with Crippen molar-refractivity contribution in [1.29, 1.82) is 0 Å². The van der Waals surface area contributed by atoms with Crippen LogP contribution in [0.2, 0.25) is 0 Å². The Kier molecular flexibility index (Phi) is 16.3. The number of H-pyrrole nitrogens is 2. The number of carbonyl (C=O) groups is 1. The molecule has 0 unspecified atom stereocenters. The molecule has 2 N–H and O–H groups in total. The SMILES string of the molecule is C=CC.C=O.CCc1c[nH]c(-c2n[nH]c3ccc(CC)cc23)c1.COC.Cc1ccccc1. The van der Waals surface area contributed by atoms with Crippen molar-refractivity contribution in [3.05, 3.63) is 90.1 Å². The summed E-state index contributed by atoms with van der Waals surface area (Å²) in [7, 11) is 3.25. The van der Waals surface area contributed by atoms with Gasteiger partial charge in [-0.05, 0) is 56.0 Å². The van der Waals surface area contributed by atoms with Crippen LogP contribution in [-0.2, 0) is 22.4 Å². The predicted molar refractivity (Wildman–Crippen MR) is 142 cm³/mol. The Morgan fingerprint density at radius 2 is 1.55 bits per heavy atom. The second-order valence-corrected chi connectivity index (χ2v) is 7.05. The van der Waals surface area contributed by atoms with E-state index in [0.29, 0.717) is 0 Å². The monoisotopic (exact) mass is 449 g/mol. The summed E-state index contributed by atoms with van der Waals surface area (Å²) in [4.78, 5) is 11.3. The maximum absolute atomic E-state index is 8.00. The third-order valence-corrected chi connectivity index (χ3v) is 4.38. The number of aryl methyl sites for hydroxylation is 3. The minimum absolute atomic E-state index is 1.01. The molecule has 2 aromatic carbocycles. The van der Waals surface area contributed by atoms with Crippen LogP contribution in [0.15, 0.2) is 73.4 Å². The lowest BCUT2D eigenvalue weighted by atomic mass is 10.1. The number of allylic oxidation sites excluding steroid dienone is 1. The average Bonchev–Trinajstić information content (AvgIpc) is 3.48. The number of aromatic nitrogens is 3. The van der Waals surface area contributed by atoms with Gasteiger partial charge in [0.2, 0.25) is 0 Å². The van der Waals surface area contributed by atoms with E-state index in [1.54, 1.807) is 20.3 Å². The van der Waals surface area contributed by atoms with Crippen molar-refractivity contribution in [1.82, 2.24) is 15.2 Å². The first-order valence-corrected chi connectivity index (χ1v) is 11.0. The maximum Gasteiger partial charge on any atom is 0.116 e. The van der Waals surface area contributed by atoms with Gasteiger partial charge in [-0.1, -0.05) is 61.9 Å². The fourth-order valence-corrected chi connectivity index (χ4v) is 2.80. The van der Waals surface area contributed by atoms with E-state index in [0.717, 1.165) is 29.7 Å². The first kappa shape index (κ1) is 29.6. The summed E-state index contributed by atoms with van der Waals surface area (Å²) in [5.74, 6) is 0. The quantitative estimate of drug-likeness (QED) is 0.333.